The van der Waals surface area contributed by atoms with Gasteiger partial charge in [0, 0.05) is 12.6 Å². The number of hydrogen-bond acceptors (Lipinski definition) is 5. The summed E-state index contributed by atoms with van der Waals surface area (Å²) in [6.45, 7) is 7.26. The van der Waals surface area contributed by atoms with Crippen LogP contribution in [0.3, 0.4) is 0 Å². The first kappa shape index (κ1) is 24.3. The fraction of sp³-hybridized carbons (Fsp3) is 0.520. The lowest BCUT2D eigenvalue weighted by Crippen LogP contribution is -2.41. The molecule has 0 unspecified atom stereocenters. The largest absolute Gasteiger partial charge is 0.481 e. The van der Waals surface area contributed by atoms with Crippen molar-refractivity contribution in [3.05, 3.63) is 47.2 Å². The van der Waals surface area contributed by atoms with Crippen LogP contribution in [-0.2, 0) is 4.79 Å². The molecule has 1 heterocycles. The maximum Gasteiger partial charge on any atom is 0.303 e. The van der Waals surface area contributed by atoms with Crippen LogP contribution < -0.4 is 10.2 Å². The first-order valence-corrected chi connectivity index (χ1v) is 11.8. The summed E-state index contributed by atoms with van der Waals surface area (Å²) in [6.07, 6.45) is 5.11. The highest BCUT2D eigenvalue weighted by molar-refractivity contribution is 6.29. The highest BCUT2D eigenvalue weighted by Crippen LogP contribution is 2.37. The van der Waals surface area contributed by atoms with Crippen LogP contribution in [-0.4, -0.2) is 39.9 Å². The molecule has 0 amide bonds. The van der Waals surface area contributed by atoms with E-state index in [1.54, 1.807) is 12.3 Å². The average molecular weight is 460 g/mol. The first-order chi connectivity index (χ1) is 15.2. The maximum atomic E-state index is 11.3. The minimum Gasteiger partial charge on any atom is -0.481 e. The summed E-state index contributed by atoms with van der Waals surface area (Å²) in [4.78, 5) is 17.9. The van der Waals surface area contributed by atoms with Crippen LogP contribution >= 0.6 is 11.6 Å². The Bertz CT molecular complexity index is 896. The summed E-state index contributed by atoms with van der Waals surface area (Å²) in [5.74, 6) is -0.438. The van der Waals surface area contributed by atoms with Gasteiger partial charge in [-0.2, -0.15) is 0 Å². The van der Waals surface area contributed by atoms with Gasteiger partial charge in [0.15, 0.2) is 0 Å². The molecule has 32 heavy (non-hydrogen) atoms. The zero-order chi connectivity index (χ0) is 23.3. The number of anilines is 3. The highest BCUT2D eigenvalue weighted by atomic mass is 35.5. The number of carboxylic acids is 1. The summed E-state index contributed by atoms with van der Waals surface area (Å²) >= 11 is 5.96. The molecule has 1 atom stereocenters. The fourth-order valence-electron chi connectivity index (χ4n) is 4.40. The average Bonchev–Trinajstić information content (AvgIpc) is 2.74. The van der Waals surface area contributed by atoms with Gasteiger partial charge in [0.25, 0.3) is 0 Å². The number of nitrogens with one attached hydrogen (secondary N) is 1. The van der Waals surface area contributed by atoms with Crippen LogP contribution in [0.1, 0.15) is 64.4 Å². The minimum atomic E-state index is -0.805. The molecule has 0 spiro atoms. The SMILES string of the molecule is CC(C)CN(c1ccc([C@H](C)CC(=O)O)cc1Nc1ccc(Cl)nc1)[C@H]1CC[C@@H](O)CC1. The Morgan fingerprint density at radius 3 is 2.50 bits per heavy atom. The van der Waals surface area contributed by atoms with Crippen molar-refractivity contribution in [2.24, 2.45) is 5.92 Å². The third-order valence-electron chi connectivity index (χ3n) is 6.06. The lowest BCUT2D eigenvalue weighted by molar-refractivity contribution is -0.137. The predicted molar refractivity (Wildman–Crippen MR) is 130 cm³/mol. The van der Waals surface area contributed by atoms with E-state index in [0.29, 0.717) is 17.1 Å². The van der Waals surface area contributed by atoms with Crippen molar-refractivity contribution < 1.29 is 15.0 Å². The maximum absolute atomic E-state index is 11.3. The number of aliphatic carboxylic acids is 1. The topological polar surface area (TPSA) is 85.7 Å². The number of carboxylic acid groups (broad SMARTS) is 1. The van der Waals surface area contributed by atoms with Gasteiger partial charge in [-0.3, -0.25) is 4.79 Å². The molecule has 0 bridgehead atoms. The number of hydrogen-bond donors (Lipinski definition) is 3. The van der Waals surface area contributed by atoms with Crippen LogP contribution in [0.25, 0.3) is 0 Å². The van der Waals surface area contributed by atoms with E-state index in [4.69, 9.17) is 11.6 Å². The molecule has 7 heteroatoms. The molecular formula is C25H34ClN3O3. The molecule has 1 aliphatic rings. The third kappa shape index (κ3) is 6.59. The summed E-state index contributed by atoms with van der Waals surface area (Å²) in [5.41, 5.74) is 3.81. The summed E-state index contributed by atoms with van der Waals surface area (Å²) in [7, 11) is 0. The Kier molecular flexibility index (Phi) is 8.38. The van der Waals surface area contributed by atoms with Gasteiger partial charge in [0.2, 0.25) is 0 Å². The van der Waals surface area contributed by atoms with E-state index >= 15 is 0 Å². The normalized spacial score (nSPS) is 19.6. The lowest BCUT2D eigenvalue weighted by Gasteiger charge is -2.39. The second-order valence-corrected chi connectivity index (χ2v) is 9.67. The molecule has 1 fully saturated rings. The van der Waals surface area contributed by atoms with E-state index in [1.807, 2.05) is 19.1 Å². The molecule has 1 aromatic carbocycles. The van der Waals surface area contributed by atoms with Gasteiger partial charge in [0.1, 0.15) is 5.15 Å². The highest BCUT2D eigenvalue weighted by Gasteiger charge is 2.27. The van der Waals surface area contributed by atoms with E-state index in [2.05, 4.69) is 41.2 Å². The van der Waals surface area contributed by atoms with Gasteiger partial charge in [-0.05, 0) is 67.3 Å². The zero-order valence-corrected chi connectivity index (χ0v) is 19.8. The second-order valence-electron chi connectivity index (χ2n) is 9.28. The second kappa shape index (κ2) is 11.0. The number of pyridine rings is 1. The van der Waals surface area contributed by atoms with E-state index in [9.17, 15) is 15.0 Å². The molecular weight excluding hydrogens is 426 g/mol. The molecule has 1 saturated carbocycles. The summed E-state index contributed by atoms with van der Waals surface area (Å²) in [5, 5.41) is 23.2. The third-order valence-corrected chi connectivity index (χ3v) is 6.28. The monoisotopic (exact) mass is 459 g/mol. The van der Waals surface area contributed by atoms with Gasteiger partial charge in [-0.15, -0.1) is 0 Å². The molecule has 0 aliphatic heterocycles. The standard InChI is InChI=1S/C25H34ClN3O3/c1-16(2)15-29(20-6-8-21(30)9-7-20)23-10-4-18(17(3)12-25(31)32)13-22(23)28-19-5-11-24(26)27-14-19/h4-5,10-11,13-14,16-17,20-21,28,30H,6-9,12,15H2,1-3H3,(H,31,32)/t17-,20-,21+/m1/s1. The molecule has 3 rings (SSSR count). The van der Waals surface area contributed by atoms with Crippen LogP contribution in [0.15, 0.2) is 36.5 Å². The van der Waals surface area contributed by atoms with Crippen molar-refractivity contribution >= 4 is 34.6 Å². The van der Waals surface area contributed by atoms with Crippen molar-refractivity contribution in [3.63, 3.8) is 0 Å². The van der Waals surface area contributed by atoms with E-state index in [1.165, 1.54) is 0 Å². The van der Waals surface area contributed by atoms with E-state index < -0.39 is 5.97 Å². The number of benzene rings is 1. The Morgan fingerprint density at radius 1 is 1.19 bits per heavy atom. The summed E-state index contributed by atoms with van der Waals surface area (Å²) in [6, 6.07) is 10.2. The Balaban J connectivity index is 1.99. The molecule has 174 valence electrons. The van der Waals surface area contributed by atoms with E-state index in [-0.39, 0.29) is 18.4 Å². The number of carbonyl (C=O) groups is 1. The van der Waals surface area contributed by atoms with Crippen LogP contribution in [0.4, 0.5) is 17.1 Å². The molecule has 2 aromatic rings. The Morgan fingerprint density at radius 2 is 1.91 bits per heavy atom. The molecule has 6 nitrogen and oxygen atoms in total. The van der Waals surface area contributed by atoms with Gasteiger partial charge < -0.3 is 20.4 Å². The first-order valence-electron chi connectivity index (χ1n) is 11.4. The van der Waals surface area contributed by atoms with Gasteiger partial charge >= 0.3 is 5.97 Å². The van der Waals surface area contributed by atoms with Gasteiger partial charge in [0.05, 0.1) is 35.8 Å². The van der Waals surface area contributed by atoms with Crippen molar-refractivity contribution in [2.75, 3.05) is 16.8 Å². The predicted octanol–water partition coefficient (Wildman–Crippen LogP) is 5.82. The van der Waals surface area contributed by atoms with Crippen molar-refractivity contribution in [1.82, 2.24) is 4.98 Å². The quantitative estimate of drug-likeness (QED) is 0.409. The number of halogens is 1. The Labute approximate surface area is 195 Å². The van der Waals surface area contributed by atoms with Crippen molar-refractivity contribution in [3.8, 4) is 0 Å². The van der Waals surface area contributed by atoms with Crippen molar-refractivity contribution in [1.29, 1.82) is 0 Å². The number of aliphatic hydroxyl groups is 1. The zero-order valence-electron chi connectivity index (χ0n) is 19.1. The van der Waals surface area contributed by atoms with Crippen LogP contribution in [0.2, 0.25) is 5.15 Å². The summed E-state index contributed by atoms with van der Waals surface area (Å²) < 4.78 is 0. The van der Waals surface area contributed by atoms with E-state index in [0.717, 1.165) is 54.9 Å². The number of aliphatic hydroxyl groups excluding tert-OH is 1. The smallest absolute Gasteiger partial charge is 0.303 e. The number of aromatic nitrogens is 1. The molecule has 0 saturated heterocycles. The van der Waals surface area contributed by atoms with Crippen LogP contribution in [0, 0.1) is 5.92 Å². The molecule has 0 radical (unpaired) electrons. The van der Waals surface area contributed by atoms with Crippen molar-refractivity contribution in [2.45, 2.75) is 70.9 Å². The molecule has 1 aromatic heterocycles. The lowest BCUT2D eigenvalue weighted by atomic mass is 9.90. The van der Waals surface area contributed by atoms with Crippen LogP contribution in [0.5, 0.6) is 0 Å². The molecule has 3 N–H and O–H groups in total. The van der Waals surface area contributed by atoms with Gasteiger partial charge in [-0.1, -0.05) is 38.4 Å². The number of nitrogens with zero attached hydrogens (tertiary/aromatic N) is 2. The molecule has 1 aliphatic carbocycles. The Hall–Kier alpha value is -2.31. The fourth-order valence-corrected chi connectivity index (χ4v) is 4.51. The van der Waals surface area contributed by atoms with Gasteiger partial charge in [-0.25, -0.2) is 4.98 Å². The minimum absolute atomic E-state index is 0.0809. The number of rotatable bonds is 9.